The molecule has 1 unspecified atom stereocenters. The van der Waals surface area contributed by atoms with Gasteiger partial charge in [0.2, 0.25) is 11.8 Å². The highest BCUT2D eigenvalue weighted by atomic mass is 16.4. The number of carboxylic acid groups (broad SMARTS) is 1. The number of nitrogens with zero attached hydrogens (tertiary/aromatic N) is 2. The predicted molar refractivity (Wildman–Crippen MR) is 75.9 cm³/mol. The third kappa shape index (κ3) is 3.03. The quantitative estimate of drug-likeness (QED) is 0.733. The summed E-state index contributed by atoms with van der Waals surface area (Å²) in [6, 6.07) is 6.78. The first-order valence-electron chi connectivity index (χ1n) is 6.51. The molecule has 1 saturated heterocycles. The molecule has 1 aromatic rings. The van der Waals surface area contributed by atoms with Crippen LogP contribution in [0.3, 0.4) is 0 Å². The van der Waals surface area contributed by atoms with Gasteiger partial charge in [-0.05, 0) is 17.7 Å². The van der Waals surface area contributed by atoms with Gasteiger partial charge in [0.15, 0.2) is 0 Å². The molecule has 7 nitrogen and oxygen atoms in total. The van der Waals surface area contributed by atoms with Gasteiger partial charge in [-0.3, -0.25) is 19.3 Å². The number of amides is 2. The molecule has 21 heavy (non-hydrogen) atoms. The Balaban J connectivity index is 2.27. The van der Waals surface area contributed by atoms with E-state index in [-0.39, 0.29) is 31.4 Å². The monoisotopic (exact) mass is 291 g/mol. The molecule has 0 saturated carbocycles. The van der Waals surface area contributed by atoms with Crippen molar-refractivity contribution in [3.8, 4) is 0 Å². The van der Waals surface area contributed by atoms with Crippen LogP contribution in [0.25, 0.3) is 0 Å². The van der Waals surface area contributed by atoms with Crippen LogP contribution in [0.1, 0.15) is 11.5 Å². The van der Waals surface area contributed by atoms with E-state index in [1.54, 1.807) is 29.2 Å². The van der Waals surface area contributed by atoms with Gasteiger partial charge < -0.3 is 15.7 Å². The van der Waals surface area contributed by atoms with Gasteiger partial charge in [0.1, 0.15) is 0 Å². The molecule has 2 rings (SSSR count). The fourth-order valence-corrected chi connectivity index (χ4v) is 2.23. The van der Waals surface area contributed by atoms with Gasteiger partial charge in [0.05, 0.1) is 19.0 Å². The van der Waals surface area contributed by atoms with E-state index >= 15 is 0 Å². The number of nitrogens with two attached hydrogens (primary N) is 1. The van der Waals surface area contributed by atoms with Crippen LogP contribution in [-0.2, 0) is 14.4 Å². The smallest absolute Gasteiger partial charge is 0.312 e. The Morgan fingerprint density at radius 3 is 2.48 bits per heavy atom. The Kier molecular flexibility index (Phi) is 4.23. The van der Waals surface area contributed by atoms with Gasteiger partial charge in [-0.1, -0.05) is 12.1 Å². The lowest BCUT2D eigenvalue weighted by Gasteiger charge is -2.32. The van der Waals surface area contributed by atoms with Gasteiger partial charge in [-0.2, -0.15) is 0 Å². The van der Waals surface area contributed by atoms with Crippen LogP contribution in [0, 0.1) is 0 Å². The molecule has 7 heteroatoms. The minimum atomic E-state index is -1.000. The molecule has 1 aliphatic rings. The Bertz CT molecular complexity index is 569. The normalized spacial score (nSPS) is 17.0. The number of piperazine rings is 1. The van der Waals surface area contributed by atoms with Crippen LogP contribution in [0.5, 0.6) is 0 Å². The van der Waals surface area contributed by atoms with Crippen molar-refractivity contribution in [1.29, 1.82) is 0 Å². The lowest BCUT2D eigenvalue weighted by Crippen LogP contribution is -2.52. The zero-order valence-corrected chi connectivity index (χ0v) is 11.7. The SMILES string of the molecule is CN1C(=O)CN(c2cccc(C(CN)C(=O)O)c2)CC1=O. The van der Waals surface area contributed by atoms with Crippen molar-refractivity contribution in [2.75, 3.05) is 31.6 Å². The first kappa shape index (κ1) is 15.0. The summed E-state index contributed by atoms with van der Waals surface area (Å²) in [4.78, 5) is 37.3. The summed E-state index contributed by atoms with van der Waals surface area (Å²) >= 11 is 0. The predicted octanol–water partition coefficient (Wildman–Crippen LogP) is -0.381. The standard InChI is InChI=1S/C14H17N3O4/c1-16-12(18)7-17(8-13(16)19)10-4-2-3-9(5-10)11(6-15)14(20)21/h2-5,11H,6-8,15H2,1H3,(H,20,21). The Morgan fingerprint density at radius 2 is 1.95 bits per heavy atom. The van der Waals surface area contributed by atoms with E-state index in [0.29, 0.717) is 11.3 Å². The van der Waals surface area contributed by atoms with E-state index in [4.69, 9.17) is 10.8 Å². The summed E-state index contributed by atoms with van der Waals surface area (Å²) in [5.41, 5.74) is 6.68. The molecule has 0 bridgehead atoms. The van der Waals surface area contributed by atoms with Crippen molar-refractivity contribution < 1.29 is 19.5 Å². The van der Waals surface area contributed by atoms with Gasteiger partial charge in [0, 0.05) is 19.3 Å². The van der Waals surface area contributed by atoms with Crippen molar-refractivity contribution in [2.24, 2.45) is 5.73 Å². The average molecular weight is 291 g/mol. The second-order valence-electron chi connectivity index (χ2n) is 4.92. The number of aliphatic carboxylic acids is 1. The Morgan fingerprint density at radius 1 is 1.33 bits per heavy atom. The Hall–Kier alpha value is -2.41. The van der Waals surface area contributed by atoms with Crippen molar-refractivity contribution in [3.63, 3.8) is 0 Å². The molecule has 112 valence electrons. The van der Waals surface area contributed by atoms with Crippen LogP contribution in [0.4, 0.5) is 5.69 Å². The maximum Gasteiger partial charge on any atom is 0.312 e. The highest BCUT2D eigenvalue weighted by Gasteiger charge is 2.28. The maximum atomic E-state index is 11.7. The average Bonchev–Trinajstić information content (AvgIpc) is 2.45. The molecule has 0 aliphatic carbocycles. The number of imide groups is 1. The van der Waals surface area contributed by atoms with E-state index in [2.05, 4.69) is 0 Å². The molecule has 1 heterocycles. The van der Waals surface area contributed by atoms with Crippen molar-refractivity contribution in [2.45, 2.75) is 5.92 Å². The fraction of sp³-hybridized carbons (Fsp3) is 0.357. The molecule has 2 amide bonds. The third-order valence-electron chi connectivity index (χ3n) is 3.57. The number of carbonyl (C=O) groups is 3. The number of hydrogen-bond acceptors (Lipinski definition) is 5. The van der Waals surface area contributed by atoms with E-state index in [1.807, 2.05) is 0 Å². The van der Waals surface area contributed by atoms with Gasteiger partial charge in [-0.25, -0.2) is 0 Å². The number of likely N-dealkylation sites (N-methyl/N-ethyl adjacent to an activating group) is 1. The number of benzene rings is 1. The van der Waals surface area contributed by atoms with Gasteiger partial charge in [0.25, 0.3) is 0 Å². The second-order valence-corrected chi connectivity index (χ2v) is 4.92. The highest BCUT2D eigenvalue weighted by molar-refractivity contribution is 6.02. The first-order chi connectivity index (χ1) is 9.93. The van der Waals surface area contributed by atoms with Crippen LogP contribution >= 0.6 is 0 Å². The van der Waals surface area contributed by atoms with Crippen molar-refractivity contribution >= 4 is 23.5 Å². The molecule has 0 aromatic heterocycles. The zero-order chi connectivity index (χ0) is 15.6. The summed E-state index contributed by atoms with van der Waals surface area (Å²) in [6.45, 7) is 0.164. The maximum absolute atomic E-state index is 11.7. The molecule has 3 N–H and O–H groups in total. The minimum absolute atomic E-state index is 0.0145. The summed E-state index contributed by atoms with van der Waals surface area (Å²) in [5, 5.41) is 9.14. The molecular formula is C14H17N3O4. The van der Waals surface area contributed by atoms with Crippen LogP contribution in [0.2, 0.25) is 0 Å². The minimum Gasteiger partial charge on any atom is -0.481 e. The number of carbonyl (C=O) groups excluding carboxylic acids is 2. The molecule has 1 fully saturated rings. The van der Waals surface area contributed by atoms with Gasteiger partial charge >= 0.3 is 5.97 Å². The fourth-order valence-electron chi connectivity index (χ4n) is 2.23. The number of carboxylic acids is 1. The van der Waals surface area contributed by atoms with Crippen LogP contribution < -0.4 is 10.6 Å². The van der Waals surface area contributed by atoms with Crippen molar-refractivity contribution in [1.82, 2.24) is 4.90 Å². The number of rotatable bonds is 4. The summed E-state index contributed by atoms with van der Waals surface area (Å²) in [7, 11) is 1.45. The molecular weight excluding hydrogens is 274 g/mol. The molecule has 1 atom stereocenters. The lowest BCUT2D eigenvalue weighted by atomic mass is 9.98. The summed E-state index contributed by atoms with van der Waals surface area (Å²) in [6.07, 6.45) is 0. The zero-order valence-electron chi connectivity index (χ0n) is 11.7. The number of hydrogen-bond donors (Lipinski definition) is 2. The number of anilines is 1. The van der Waals surface area contributed by atoms with Crippen molar-refractivity contribution in [3.05, 3.63) is 29.8 Å². The second kappa shape index (κ2) is 5.92. The van der Waals surface area contributed by atoms with E-state index in [9.17, 15) is 14.4 Å². The molecule has 0 radical (unpaired) electrons. The molecule has 1 aliphatic heterocycles. The van der Waals surface area contributed by atoms with E-state index < -0.39 is 11.9 Å². The largest absolute Gasteiger partial charge is 0.481 e. The lowest BCUT2D eigenvalue weighted by molar-refractivity contribution is -0.143. The Labute approximate surface area is 121 Å². The van der Waals surface area contributed by atoms with E-state index in [1.165, 1.54) is 7.05 Å². The van der Waals surface area contributed by atoms with E-state index in [0.717, 1.165) is 4.90 Å². The topological polar surface area (TPSA) is 104 Å². The molecule has 0 spiro atoms. The van der Waals surface area contributed by atoms with Crippen LogP contribution in [0.15, 0.2) is 24.3 Å². The summed E-state index contributed by atoms with van der Waals surface area (Å²) in [5.74, 6) is -2.38. The third-order valence-corrected chi connectivity index (χ3v) is 3.57. The molecule has 1 aromatic carbocycles. The van der Waals surface area contributed by atoms with Gasteiger partial charge in [-0.15, -0.1) is 0 Å². The summed E-state index contributed by atoms with van der Waals surface area (Å²) < 4.78 is 0. The highest BCUT2D eigenvalue weighted by Crippen LogP contribution is 2.23. The van der Waals surface area contributed by atoms with Crippen LogP contribution in [-0.4, -0.2) is 54.5 Å². The first-order valence-corrected chi connectivity index (χ1v) is 6.51.